The van der Waals surface area contributed by atoms with Crippen LogP contribution in [-0.4, -0.2) is 9.97 Å². The maximum Gasteiger partial charge on any atom is 0.135 e. The van der Waals surface area contributed by atoms with E-state index in [0.29, 0.717) is 18.1 Å². The Bertz CT molecular complexity index is 540. The summed E-state index contributed by atoms with van der Waals surface area (Å²) >= 11 is 0. The van der Waals surface area contributed by atoms with Crippen LogP contribution in [0.2, 0.25) is 0 Å². The Morgan fingerprint density at radius 1 is 1.22 bits per heavy atom. The molecular weight excluding hydrogens is 229 g/mol. The second-order valence-corrected chi connectivity index (χ2v) is 4.26. The zero-order valence-electron chi connectivity index (χ0n) is 10.4. The third-order valence-electron chi connectivity index (χ3n) is 2.60. The van der Waals surface area contributed by atoms with Gasteiger partial charge < -0.3 is 5.73 Å². The molecule has 3 nitrogen and oxygen atoms in total. The fourth-order valence-electron chi connectivity index (χ4n) is 1.87. The SMILES string of the molecule is CCCc1cc(N)nc(Cc2cccc(F)c2)n1. The number of rotatable bonds is 4. The molecule has 18 heavy (non-hydrogen) atoms. The van der Waals surface area contributed by atoms with Gasteiger partial charge in [-0.2, -0.15) is 0 Å². The minimum atomic E-state index is -0.245. The average molecular weight is 245 g/mol. The first-order chi connectivity index (χ1) is 8.67. The fourth-order valence-corrected chi connectivity index (χ4v) is 1.87. The molecule has 1 heterocycles. The summed E-state index contributed by atoms with van der Waals surface area (Å²) in [4.78, 5) is 8.62. The number of hydrogen-bond acceptors (Lipinski definition) is 3. The van der Waals surface area contributed by atoms with Crippen LogP contribution in [0, 0.1) is 5.82 Å². The van der Waals surface area contributed by atoms with E-state index in [1.807, 2.05) is 6.07 Å². The van der Waals surface area contributed by atoms with Gasteiger partial charge in [0, 0.05) is 18.2 Å². The van der Waals surface area contributed by atoms with Crippen LogP contribution in [-0.2, 0) is 12.8 Å². The molecule has 1 aromatic heterocycles. The van der Waals surface area contributed by atoms with Crippen LogP contribution in [0.3, 0.4) is 0 Å². The lowest BCUT2D eigenvalue weighted by molar-refractivity contribution is 0.625. The molecule has 1 aromatic carbocycles. The first-order valence-corrected chi connectivity index (χ1v) is 6.04. The van der Waals surface area contributed by atoms with Crippen LogP contribution in [0.5, 0.6) is 0 Å². The molecule has 2 N–H and O–H groups in total. The van der Waals surface area contributed by atoms with Crippen molar-refractivity contribution < 1.29 is 4.39 Å². The molecule has 94 valence electrons. The van der Waals surface area contributed by atoms with Crippen molar-refractivity contribution in [2.45, 2.75) is 26.2 Å². The average Bonchev–Trinajstić information content (AvgIpc) is 2.28. The number of nitrogens with zero attached hydrogens (tertiary/aromatic N) is 2. The lowest BCUT2D eigenvalue weighted by Gasteiger charge is -2.05. The van der Waals surface area contributed by atoms with Crippen molar-refractivity contribution in [3.8, 4) is 0 Å². The highest BCUT2D eigenvalue weighted by molar-refractivity contribution is 5.31. The van der Waals surface area contributed by atoms with E-state index < -0.39 is 0 Å². The summed E-state index contributed by atoms with van der Waals surface area (Å²) in [5.41, 5.74) is 7.54. The normalized spacial score (nSPS) is 10.6. The third-order valence-corrected chi connectivity index (χ3v) is 2.60. The number of aryl methyl sites for hydroxylation is 1. The van der Waals surface area contributed by atoms with Gasteiger partial charge in [0.1, 0.15) is 17.5 Å². The second-order valence-electron chi connectivity index (χ2n) is 4.26. The van der Waals surface area contributed by atoms with Crippen molar-refractivity contribution in [1.29, 1.82) is 0 Å². The molecule has 0 saturated carbocycles. The molecule has 2 aromatic rings. The number of benzene rings is 1. The molecule has 0 spiro atoms. The van der Waals surface area contributed by atoms with E-state index in [2.05, 4.69) is 16.9 Å². The highest BCUT2D eigenvalue weighted by Crippen LogP contribution is 2.11. The number of anilines is 1. The smallest absolute Gasteiger partial charge is 0.135 e. The topological polar surface area (TPSA) is 51.8 Å². The molecule has 0 aliphatic carbocycles. The number of hydrogen-bond donors (Lipinski definition) is 1. The Balaban J connectivity index is 2.23. The summed E-state index contributed by atoms with van der Waals surface area (Å²) in [6.45, 7) is 2.09. The van der Waals surface area contributed by atoms with Gasteiger partial charge >= 0.3 is 0 Å². The minimum absolute atomic E-state index is 0.245. The zero-order chi connectivity index (χ0) is 13.0. The molecule has 0 aliphatic heterocycles. The van der Waals surface area contributed by atoms with E-state index in [4.69, 9.17) is 5.73 Å². The van der Waals surface area contributed by atoms with Crippen LogP contribution < -0.4 is 5.73 Å². The van der Waals surface area contributed by atoms with Gasteiger partial charge in [-0.25, -0.2) is 14.4 Å². The van der Waals surface area contributed by atoms with Crippen molar-refractivity contribution in [3.63, 3.8) is 0 Å². The van der Waals surface area contributed by atoms with Gasteiger partial charge in [-0.1, -0.05) is 25.5 Å². The van der Waals surface area contributed by atoms with Gasteiger partial charge in [-0.15, -0.1) is 0 Å². The van der Waals surface area contributed by atoms with Crippen LogP contribution >= 0.6 is 0 Å². The van der Waals surface area contributed by atoms with E-state index in [0.717, 1.165) is 24.1 Å². The first kappa shape index (κ1) is 12.5. The molecule has 0 bridgehead atoms. The summed E-state index contributed by atoms with van der Waals surface area (Å²) in [5, 5.41) is 0. The largest absolute Gasteiger partial charge is 0.384 e. The number of halogens is 1. The van der Waals surface area contributed by atoms with Crippen LogP contribution in [0.4, 0.5) is 10.2 Å². The van der Waals surface area contributed by atoms with Crippen molar-refractivity contribution in [3.05, 3.63) is 53.2 Å². The van der Waals surface area contributed by atoms with Gasteiger partial charge in [0.15, 0.2) is 0 Å². The van der Waals surface area contributed by atoms with Gasteiger partial charge in [0.05, 0.1) is 0 Å². The standard InChI is InChI=1S/C14H16FN3/c1-2-4-12-9-13(16)18-14(17-12)8-10-5-3-6-11(15)7-10/h3,5-7,9H,2,4,8H2,1H3,(H2,16,17,18). The Morgan fingerprint density at radius 2 is 2.06 bits per heavy atom. The maximum atomic E-state index is 13.1. The van der Waals surface area contributed by atoms with E-state index in [1.165, 1.54) is 12.1 Å². The van der Waals surface area contributed by atoms with Gasteiger partial charge in [0.25, 0.3) is 0 Å². The summed E-state index contributed by atoms with van der Waals surface area (Å²) < 4.78 is 13.1. The van der Waals surface area contributed by atoms with Gasteiger partial charge in [-0.05, 0) is 24.1 Å². The lowest BCUT2D eigenvalue weighted by Crippen LogP contribution is -2.04. The highest BCUT2D eigenvalue weighted by Gasteiger charge is 2.04. The van der Waals surface area contributed by atoms with Gasteiger partial charge in [-0.3, -0.25) is 0 Å². The number of nitrogen functional groups attached to an aromatic ring is 1. The van der Waals surface area contributed by atoms with Crippen molar-refractivity contribution in [1.82, 2.24) is 9.97 Å². The lowest BCUT2D eigenvalue weighted by atomic mass is 10.1. The Morgan fingerprint density at radius 3 is 2.78 bits per heavy atom. The molecule has 0 fully saturated rings. The Labute approximate surface area is 106 Å². The van der Waals surface area contributed by atoms with Crippen LogP contribution in [0.25, 0.3) is 0 Å². The molecule has 0 radical (unpaired) electrons. The molecule has 0 aliphatic rings. The molecule has 0 saturated heterocycles. The summed E-state index contributed by atoms with van der Waals surface area (Å²) in [5.74, 6) is 0.870. The van der Waals surface area contributed by atoms with E-state index in [9.17, 15) is 4.39 Å². The zero-order valence-corrected chi connectivity index (χ0v) is 10.4. The van der Waals surface area contributed by atoms with Crippen molar-refractivity contribution in [2.24, 2.45) is 0 Å². The molecule has 4 heteroatoms. The molecular formula is C14H16FN3. The molecule has 0 unspecified atom stereocenters. The van der Waals surface area contributed by atoms with E-state index in [1.54, 1.807) is 12.1 Å². The predicted molar refractivity (Wildman–Crippen MR) is 69.6 cm³/mol. The Hall–Kier alpha value is -1.97. The quantitative estimate of drug-likeness (QED) is 0.901. The first-order valence-electron chi connectivity index (χ1n) is 6.04. The fraction of sp³-hybridized carbons (Fsp3) is 0.286. The summed E-state index contributed by atoms with van der Waals surface area (Å²) in [6, 6.07) is 8.25. The van der Waals surface area contributed by atoms with Crippen LogP contribution in [0.1, 0.15) is 30.4 Å². The van der Waals surface area contributed by atoms with E-state index in [-0.39, 0.29) is 5.82 Å². The van der Waals surface area contributed by atoms with Crippen LogP contribution in [0.15, 0.2) is 30.3 Å². The summed E-state index contributed by atoms with van der Waals surface area (Å²) in [7, 11) is 0. The number of nitrogens with two attached hydrogens (primary N) is 1. The molecule has 0 atom stereocenters. The van der Waals surface area contributed by atoms with E-state index >= 15 is 0 Å². The highest BCUT2D eigenvalue weighted by atomic mass is 19.1. The summed E-state index contributed by atoms with van der Waals surface area (Å²) in [6.07, 6.45) is 2.39. The van der Waals surface area contributed by atoms with Crippen molar-refractivity contribution >= 4 is 5.82 Å². The Kier molecular flexibility index (Phi) is 3.87. The number of aromatic nitrogens is 2. The van der Waals surface area contributed by atoms with Crippen molar-refractivity contribution in [2.75, 3.05) is 5.73 Å². The second kappa shape index (κ2) is 5.58. The molecule has 0 amide bonds. The third kappa shape index (κ3) is 3.26. The predicted octanol–water partition coefficient (Wildman–Crippen LogP) is 2.74. The maximum absolute atomic E-state index is 13.1. The van der Waals surface area contributed by atoms with Gasteiger partial charge in [0.2, 0.25) is 0 Å². The monoisotopic (exact) mass is 245 g/mol. The minimum Gasteiger partial charge on any atom is -0.384 e. The molecule has 2 rings (SSSR count).